The number of carbonyl (C=O) groups excluding carboxylic acids is 1. The Balaban J connectivity index is 2.66. The molecule has 1 rings (SSSR count). The maximum atomic E-state index is 12.3. The summed E-state index contributed by atoms with van der Waals surface area (Å²) in [5, 5.41) is 0. The second-order valence-electron chi connectivity index (χ2n) is 6.50. The fourth-order valence-corrected chi connectivity index (χ4v) is 1.82. The Hall–Kier alpha value is -1.66. The van der Waals surface area contributed by atoms with E-state index in [0.717, 1.165) is 11.1 Å². The van der Waals surface area contributed by atoms with E-state index in [0.29, 0.717) is 0 Å². The van der Waals surface area contributed by atoms with Gasteiger partial charge in [0.1, 0.15) is 6.61 Å². The summed E-state index contributed by atoms with van der Waals surface area (Å²) in [5.41, 5.74) is 1.20. The summed E-state index contributed by atoms with van der Waals surface area (Å²) in [6.45, 7) is 5.55. The van der Waals surface area contributed by atoms with Crippen molar-refractivity contribution in [1.29, 1.82) is 0 Å². The minimum atomic E-state index is -4.47. The molecule has 1 aromatic carbocycles. The minimum Gasteiger partial charge on any atom is -0.347 e. The topological polar surface area (TPSA) is 35.5 Å². The number of rotatable bonds is 7. The number of allylic oxidation sites excluding steroid dienone is 1. The molecular weight excluding hydrogens is 321 g/mol. The van der Waals surface area contributed by atoms with Gasteiger partial charge < -0.3 is 9.47 Å². The van der Waals surface area contributed by atoms with E-state index >= 15 is 0 Å². The van der Waals surface area contributed by atoms with E-state index in [9.17, 15) is 18.0 Å². The highest BCUT2D eigenvalue weighted by atomic mass is 19.4. The lowest BCUT2D eigenvalue weighted by atomic mass is 10.1. The molecule has 0 fully saturated rings. The molecule has 1 unspecified atom stereocenters. The number of ether oxygens (including phenoxy) is 2. The van der Waals surface area contributed by atoms with Crippen molar-refractivity contribution in [3.05, 3.63) is 41.5 Å². The van der Waals surface area contributed by atoms with E-state index in [4.69, 9.17) is 9.47 Å². The van der Waals surface area contributed by atoms with Gasteiger partial charge in [-0.2, -0.15) is 13.2 Å². The highest BCUT2D eigenvalue weighted by Gasteiger charge is 2.31. The lowest BCUT2D eigenvalue weighted by Gasteiger charge is -2.27. The Kier molecular flexibility index (Phi) is 7.17. The average Bonchev–Trinajstić information content (AvgIpc) is 2.42. The van der Waals surface area contributed by atoms with E-state index in [-0.39, 0.29) is 12.2 Å². The molecule has 0 aliphatic carbocycles. The predicted octanol–water partition coefficient (Wildman–Crippen LogP) is 4.69. The van der Waals surface area contributed by atoms with Crippen LogP contribution in [0.3, 0.4) is 0 Å². The molecule has 1 aromatic rings. The standard InChI is InChI=1S/C18H23F3O3/c1-13-5-7-14(8-6-13)9-10-15(22)11-16(24-17(2,3)4)23-12-18(19,20)21/h5-10,16H,11-12H2,1-4H3/b10-9+. The summed E-state index contributed by atoms with van der Waals surface area (Å²) < 4.78 is 47.0. The summed E-state index contributed by atoms with van der Waals surface area (Å²) in [6.07, 6.45) is -3.07. The van der Waals surface area contributed by atoms with Crippen molar-refractivity contribution in [2.75, 3.05) is 6.61 Å². The Morgan fingerprint density at radius 3 is 2.25 bits per heavy atom. The largest absolute Gasteiger partial charge is 0.411 e. The van der Waals surface area contributed by atoms with Crippen molar-refractivity contribution in [1.82, 2.24) is 0 Å². The SMILES string of the molecule is Cc1ccc(/C=C/C(=O)CC(OCC(F)(F)F)OC(C)(C)C)cc1. The highest BCUT2D eigenvalue weighted by Crippen LogP contribution is 2.20. The van der Waals surface area contributed by atoms with Crippen LogP contribution in [0.15, 0.2) is 30.3 Å². The van der Waals surface area contributed by atoms with E-state index in [1.807, 2.05) is 31.2 Å². The second kappa shape index (κ2) is 8.44. The lowest BCUT2D eigenvalue weighted by molar-refractivity contribution is -0.250. The van der Waals surface area contributed by atoms with Crippen LogP contribution in [0.25, 0.3) is 6.08 Å². The lowest BCUT2D eigenvalue weighted by Crippen LogP contribution is -2.33. The van der Waals surface area contributed by atoms with Crippen molar-refractivity contribution in [3.63, 3.8) is 0 Å². The van der Waals surface area contributed by atoms with Gasteiger partial charge in [0.05, 0.1) is 12.0 Å². The van der Waals surface area contributed by atoms with Gasteiger partial charge in [-0.25, -0.2) is 0 Å². The zero-order chi connectivity index (χ0) is 18.4. The van der Waals surface area contributed by atoms with Gasteiger partial charge in [-0.05, 0) is 39.3 Å². The first-order chi connectivity index (χ1) is 10.9. The molecule has 0 bridgehead atoms. The van der Waals surface area contributed by atoms with E-state index < -0.39 is 24.7 Å². The molecule has 0 aliphatic rings. The summed E-state index contributed by atoms with van der Waals surface area (Å²) in [6, 6.07) is 7.51. The molecule has 1 atom stereocenters. The Morgan fingerprint density at radius 1 is 1.17 bits per heavy atom. The molecule has 0 amide bonds. The van der Waals surface area contributed by atoms with Gasteiger partial charge in [-0.15, -0.1) is 0 Å². The van der Waals surface area contributed by atoms with E-state index in [1.165, 1.54) is 6.08 Å². The third kappa shape index (κ3) is 9.47. The summed E-state index contributed by atoms with van der Waals surface area (Å²) in [4.78, 5) is 12.0. The van der Waals surface area contributed by atoms with Crippen LogP contribution in [0.1, 0.15) is 38.3 Å². The van der Waals surface area contributed by atoms with Crippen LogP contribution >= 0.6 is 0 Å². The molecule has 0 N–H and O–H groups in total. The first-order valence-electron chi connectivity index (χ1n) is 7.58. The van der Waals surface area contributed by atoms with Gasteiger partial charge in [0.25, 0.3) is 0 Å². The van der Waals surface area contributed by atoms with Crippen molar-refractivity contribution in [3.8, 4) is 0 Å². The summed E-state index contributed by atoms with van der Waals surface area (Å²) >= 11 is 0. The molecule has 0 spiro atoms. The predicted molar refractivity (Wildman–Crippen MR) is 86.5 cm³/mol. The van der Waals surface area contributed by atoms with Crippen molar-refractivity contribution < 1.29 is 27.4 Å². The Labute approximate surface area is 140 Å². The number of alkyl halides is 3. The molecule has 24 heavy (non-hydrogen) atoms. The third-order valence-electron chi connectivity index (χ3n) is 2.82. The van der Waals surface area contributed by atoms with Crippen LogP contribution < -0.4 is 0 Å². The summed E-state index contributed by atoms with van der Waals surface area (Å²) in [7, 11) is 0. The van der Waals surface area contributed by atoms with Gasteiger partial charge in [-0.1, -0.05) is 35.9 Å². The molecule has 6 heteroatoms. The maximum absolute atomic E-state index is 12.3. The quantitative estimate of drug-likeness (QED) is 0.532. The minimum absolute atomic E-state index is 0.282. The molecule has 3 nitrogen and oxygen atoms in total. The van der Waals surface area contributed by atoms with Gasteiger partial charge in [-0.3, -0.25) is 4.79 Å². The number of carbonyl (C=O) groups is 1. The number of hydrogen-bond donors (Lipinski definition) is 0. The van der Waals surface area contributed by atoms with Crippen LogP contribution in [0.5, 0.6) is 0 Å². The highest BCUT2D eigenvalue weighted by molar-refractivity contribution is 5.93. The average molecular weight is 344 g/mol. The maximum Gasteiger partial charge on any atom is 0.411 e. The van der Waals surface area contributed by atoms with E-state index in [1.54, 1.807) is 26.8 Å². The van der Waals surface area contributed by atoms with Crippen molar-refractivity contribution >= 4 is 11.9 Å². The zero-order valence-corrected chi connectivity index (χ0v) is 14.3. The molecule has 0 saturated carbocycles. The van der Waals surface area contributed by atoms with Gasteiger partial charge in [0, 0.05) is 0 Å². The molecular formula is C18H23F3O3. The fourth-order valence-electron chi connectivity index (χ4n) is 1.82. The number of aryl methyl sites for hydroxylation is 1. The second-order valence-corrected chi connectivity index (χ2v) is 6.50. The Morgan fingerprint density at radius 2 is 1.75 bits per heavy atom. The molecule has 0 radical (unpaired) electrons. The fraction of sp³-hybridized carbons (Fsp3) is 0.500. The Bertz CT molecular complexity index is 554. The zero-order valence-electron chi connectivity index (χ0n) is 14.3. The molecule has 0 aliphatic heterocycles. The number of benzene rings is 1. The van der Waals surface area contributed by atoms with Crippen molar-refractivity contribution in [2.24, 2.45) is 0 Å². The number of hydrogen-bond acceptors (Lipinski definition) is 3. The molecule has 0 heterocycles. The van der Waals surface area contributed by atoms with Gasteiger partial charge in [0.15, 0.2) is 12.1 Å². The van der Waals surface area contributed by atoms with Crippen LogP contribution in [0.2, 0.25) is 0 Å². The first-order valence-corrected chi connectivity index (χ1v) is 7.58. The summed E-state index contributed by atoms with van der Waals surface area (Å²) in [5.74, 6) is -0.369. The normalized spacial score (nSPS) is 14.1. The molecule has 134 valence electrons. The van der Waals surface area contributed by atoms with E-state index in [2.05, 4.69) is 0 Å². The first kappa shape index (κ1) is 20.4. The van der Waals surface area contributed by atoms with Crippen LogP contribution in [0.4, 0.5) is 13.2 Å². The number of halogens is 3. The van der Waals surface area contributed by atoms with Crippen LogP contribution in [-0.2, 0) is 14.3 Å². The van der Waals surface area contributed by atoms with Gasteiger partial charge >= 0.3 is 6.18 Å². The number of ketones is 1. The molecule has 0 saturated heterocycles. The third-order valence-corrected chi connectivity index (χ3v) is 2.82. The molecule has 0 aromatic heterocycles. The monoisotopic (exact) mass is 344 g/mol. The smallest absolute Gasteiger partial charge is 0.347 e. The van der Waals surface area contributed by atoms with Crippen LogP contribution in [-0.4, -0.2) is 30.5 Å². The van der Waals surface area contributed by atoms with Gasteiger partial charge in [0.2, 0.25) is 0 Å². The van der Waals surface area contributed by atoms with Crippen molar-refractivity contribution in [2.45, 2.75) is 52.2 Å². The van der Waals surface area contributed by atoms with Crippen LogP contribution in [0, 0.1) is 6.92 Å².